The molecule has 0 aliphatic rings. The molecule has 0 unspecified atom stereocenters. The van der Waals surface area contributed by atoms with Crippen LogP contribution in [0.2, 0.25) is 0 Å². The molecular weight excluding hydrogens is 392 g/mol. The topological polar surface area (TPSA) is 80.7 Å². The van der Waals surface area contributed by atoms with Gasteiger partial charge in [-0.15, -0.1) is 0 Å². The lowest BCUT2D eigenvalue weighted by Crippen LogP contribution is -2.15. The van der Waals surface area contributed by atoms with Crippen LogP contribution in [0.25, 0.3) is 0 Å². The van der Waals surface area contributed by atoms with E-state index in [4.69, 9.17) is 9.47 Å². The molecule has 0 saturated heterocycles. The molecule has 2 aromatic carbocycles. The minimum Gasteiger partial charge on any atom is -0.506 e. The number of aromatic nitrogens is 1. The molecule has 6 nitrogen and oxygen atoms in total. The third kappa shape index (κ3) is 5.75. The highest BCUT2D eigenvalue weighted by Gasteiger charge is 2.18. The molecule has 1 amide bonds. The molecule has 0 radical (unpaired) electrons. The van der Waals surface area contributed by atoms with E-state index >= 15 is 0 Å². The number of nitrogens with zero attached hydrogens (tertiary/aromatic N) is 1. The van der Waals surface area contributed by atoms with E-state index in [1.807, 2.05) is 25.1 Å². The van der Waals surface area contributed by atoms with Gasteiger partial charge in [-0.3, -0.25) is 9.78 Å². The number of aromatic hydroxyl groups is 1. The van der Waals surface area contributed by atoms with Crippen LogP contribution in [-0.2, 0) is 12.0 Å². The second kappa shape index (κ2) is 9.51. The quantitative estimate of drug-likeness (QED) is 0.506. The molecule has 0 aliphatic heterocycles. The van der Waals surface area contributed by atoms with E-state index in [0.29, 0.717) is 36.0 Å². The van der Waals surface area contributed by atoms with Gasteiger partial charge < -0.3 is 19.9 Å². The number of hydrogen-bond donors (Lipinski definition) is 2. The summed E-state index contributed by atoms with van der Waals surface area (Å²) < 4.78 is 11.6. The smallest absolute Gasteiger partial charge is 0.255 e. The molecule has 0 saturated carbocycles. The van der Waals surface area contributed by atoms with Crippen LogP contribution in [0, 0.1) is 0 Å². The highest BCUT2D eigenvalue weighted by Crippen LogP contribution is 2.32. The van der Waals surface area contributed by atoms with Crippen molar-refractivity contribution in [1.29, 1.82) is 0 Å². The van der Waals surface area contributed by atoms with Crippen LogP contribution in [0.5, 0.6) is 17.2 Å². The SMILES string of the molecule is CCOc1cc(C(=O)Nc2cc(C(C)(C)C)ccc2O)ccc1OCc1ccncc1. The van der Waals surface area contributed by atoms with Crippen LogP contribution in [0.1, 0.15) is 49.2 Å². The van der Waals surface area contributed by atoms with Crippen molar-refractivity contribution < 1.29 is 19.4 Å². The molecule has 162 valence electrons. The maximum absolute atomic E-state index is 12.8. The Morgan fingerprint density at radius 2 is 1.74 bits per heavy atom. The van der Waals surface area contributed by atoms with Crippen molar-refractivity contribution in [3.05, 3.63) is 77.6 Å². The maximum Gasteiger partial charge on any atom is 0.255 e. The molecule has 0 fully saturated rings. The Balaban J connectivity index is 1.79. The van der Waals surface area contributed by atoms with Crippen LogP contribution in [0.4, 0.5) is 5.69 Å². The molecule has 0 atom stereocenters. The predicted octanol–water partition coefficient (Wildman–Crippen LogP) is 5.31. The van der Waals surface area contributed by atoms with E-state index in [1.54, 1.807) is 42.7 Å². The molecule has 3 aromatic rings. The Kier molecular flexibility index (Phi) is 6.80. The Labute approximate surface area is 182 Å². The maximum atomic E-state index is 12.8. The van der Waals surface area contributed by atoms with Gasteiger partial charge in [-0.05, 0) is 65.9 Å². The average molecular weight is 421 g/mol. The molecule has 6 heteroatoms. The van der Waals surface area contributed by atoms with Crippen LogP contribution in [0.15, 0.2) is 60.9 Å². The van der Waals surface area contributed by atoms with Crippen LogP contribution in [-0.4, -0.2) is 22.6 Å². The summed E-state index contributed by atoms with van der Waals surface area (Å²) in [6.07, 6.45) is 3.42. The van der Waals surface area contributed by atoms with E-state index in [1.165, 1.54) is 0 Å². The number of carbonyl (C=O) groups is 1. The van der Waals surface area contributed by atoms with E-state index in [2.05, 4.69) is 31.1 Å². The average Bonchev–Trinajstić information content (AvgIpc) is 2.74. The summed E-state index contributed by atoms with van der Waals surface area (Å²) in [5, 5.41) is 13.0. The molecule has 3 rings (SSSR count). The fourth-order valence-corrected chi connectivity index (χ4v) is 2.97. The first-order valence-corrected chi connectivity index (χ1v) is 10.2. The van der Waals surface area contributed by atoms with E-state index < -0.39 is 0 Å². The van der Waals surface area contributed by atoms with Gasteiger partial charge in [-0.25, -0.2) is 0 Å². The van der Waals surface area contributed by atoms with Gasteiger partial charge in [0.15, 0.2) is 11.5 Å². The van der Waals surface area contributed by atoms with Gasteiger partial charge in [-0.2, -0.15) is 0 Å². The number of pyridine rings is 1. The van der Waals surface area contributed by atoms with Crippen LogP contribution < -0.4 is 14.8 Å². The Morgan fingerprint density at radius 3 is 2.42 bits per heavy atom. The number of hydrogen-bond acceptors (Lipinski definition) is 5. The summed E-state index contributed by atoms with van der Waals surface area (Å²) in [6, 6.07) is 14.0. The van der Waals surface area contributed by atoms with Crippen molar-refractivity contribution in [3.8, 4) is 17.2 Å². The monoisotopic (exact) mass is 420 g/mol. The van der Waals surface area contributed by atoms with E-state index in [9.17, 15) is 9.90 Å². The molecule has 31 heavy (non-hydrogen) atoms. The van der Waals surface area contributed by atoms with Gasteiger partial charge in [0.2, 0.25) is 0 Å². The summed E-state index contributed by atoms with van der Waals surface area (Å²) in [4.78, 5) is 16.8. The molecule has 1 heterocycles. The van der Waals surface area contributed by atoms with Gasteiger partial charge in [0.05, 0.1) is 12.3 Å². The Bertz CT molecular complexity index is 1040. The summed E-state index contributed by atoms with van der Waals surface area (Å²) in [6.45, 7) is 8.89. The second-order valence-electron chi connectivity index (χ2n) is 8.17. The highest BCUT2D eigenvalue weighted by atomic mass is 16.5. The van der Waals surface area contributed by atoms with Crippen LogP contribution >= 0.6 is 0 Å². The van der Waals surface area contributed by atoms with Gasteiger partial charge in [0.1, 0.15) is 12.4 Å². The fourth-order valence-electron chi connectivity index (χ4n) is 2.97. The lowest BCUT2D eigenvalue weighted by atomic mass is 9.87. The molecule has 0 aliphatic carbocycles. The van der Waals surface area contributed by atoms with Crippen molar-refractivity contribution in [2.45, 2.75) is 39.7 Å². The van der Waals surface area contributed by atoms with Crippen molar-refractivity contribution in [3.63, 3.8) is 0 Å². The highest BCUT2D eigenvalue weighted by molar-refractivity contribution is 6.05. The minimum atomic E-state index is -0.344. The van der Waals surface area contributed by atoms with Crippen molar-refractivity contribution in [2.24, 2.45) is 0 Å². The third-order valence-electron chi connectivity index (χ3n) is 4.76. The minimum absolute atomic E-state index is 0.0173. The lowest BCUT2D eigenvalue weighted by Gasteiger charge is -2.20. The second-order valence-corrected chi connectivity index (χ2v) is 8.17. The standard InChI is InChI=1S/C25H28N2O4/c1-5-30-23-14-18(6-9-22(23)31-16-17-10-12-26-13-11-17)24(29)27-20-15-19(25(2,3)4)7-8-21(20)28/h6-15,28H,5,16H2,1-4H3,(H,27,29). The number of carbonyl (C=O) groups excluding carboxylic acids is 1. The van der Waals surface area contributed by atoms with Crippen molar-refractivity contribution in [2.75, 3.05) is 11.9 Å². The third-order valence-corrected chi connectivity index (χ3v) is 4.76. The summed E-state index contributed by atoms with van der Waals surface area (Å²) in [5.41, 5.74) is 2.65. The molecular formula is C25H28N2O4. The van der Waals surface area contributed by atoms with Gasteiger partial charge in [0.25, 0.3) is 5.91 Å². The summed E-state index contributed by atoms with van der Waals surface area (Å²) in [5.74, 6) is 0.705. The number of ether oxygens (including phenoxy) is 2. The van der Waals surface area contributed by atoms with Gasteiger partial charge in [-0.1, -0.05) is 26.8 Å². The van der Waals surface area contributed by atoms with Gasteiger partial charge in [0, 0.05) is 18.0 Å². The zero-order chi connectivity index (χ0) is 22.4. The zero-order valence-electron chi connectivity index (χ0n) is 18.3. The Hall–Kier alpha value is -3.54. The number of nitrogens with one attached hydrogen (secondary N) is 1. The van der Waals surface area contributed by atoms with Crippen molar-refractivity contribution >= 4 is 11.6 Å². The molecule has 0 spiro atoms. The first-order valence-electron chi connectivity index (χ1n) is 10.2. The first-order chi connectivity index (χ1) is 14.8. The number of rotatable bonds is 7. The molecule has 2 N–H and O–H groups in total. The lowest BCUT2D eigenvalue weighted by molar-refractivity contribution is 0.102. The summed E-state index contributed by atoms with van der Waals surface area (Å²) in [7, 11) is 0. The molecule has 0 bridgehead atoms. The number of anilines is 1. The van der Waals surface area contributed by atoms with Crippen LogP contribution in [0.3, 0.4) is 0 Å². The zero-order valence-corrected chi connectivity index (χ0v) is 18.3. The van der Waals surface area contributed by atoms with Gasteiger partial charge >= 0.3 is 0 Å². The first kappa shape index (κ1) is 22.2. The number of phenolic OH excluding ortho intramolecular Hbond substituents is 1. The van der Waals surface area contributed by atoms with E-state index in [-0.39, 0.29) is 17.1 Å². The largest absolute Gasteiger partial charge is 0.506 e. The number of benzene rings is 2. The summed E-state index contributed by atoms with van der Waals surface area (Å²) >= 11 is 0. The Morgan fingerprint density at radius 1 is 1.00 bits per heavy atom. The normalized spacial score (nSPS) is 11.1. The van der Waals surface area contributed by atoms with E-state index in [0.717, 1.165) is 11.1 Å². The fraction of sp³-hybridized carbons (Fsp3) is 0.280. The van der Waals surface area contributed by atoms with Crippen molar-refractivity contribution in [1.82, 2.24) is 4.98 Å². The number of amides is 1. The number of phenols is 1. The predicted molar refractivity (Wildman–Crippen MR) is 121 cm³/mol. The molecule has 1 aromatic heterocycles.